The van der Waals surface area contributed by atoms with Crippen molar-refractivity contribution < 1.29 is 24.5 Å². The van der Waals surface area contributed by atoms with Crippen molar-refractivity contribution in [1.29, 1.82) is 0 Å². The van der Waals surface area contributed by atoms with Gasteiger partial charge in [-0.1, -0.05) is 403 Å². The van der Waals surface area contributed by atoms with Gasteiger partial charge in [-0.2, -0.15) is 0 Å². The van der Waals surface area contributed by atoms with Crippen molar-refractivity contribution in [2.75, 3.05) is 13.2 Å². The molecule has 2 atom stereocenters. The van der Waals surface area contributed by atoms with E-state index in [4.69, 9.17) is 4.74 Å². The zero-order valence-corrected chi connectivity index (χ0v) is 59.0. The number of aliphatic hydroxyl groups is 2. The van der Waals surface area contributed by atoms with Crippen LogP contribution in [0.15, 0.2) is 36.5 Å². The summed E-state index contributed by atoms with van der Waals surface area (Å²) in [7, 11) is 0. The van der Waals surface area contributed by atoms with Crippen LogP contribution in [0.25, 0.3) is 0 Å². The molecule has 0 aromatic heterocycles. The fraction of sp³-hybridized carbons (Fsp3) is 0.901. The highest BCUT2D eigenvalue weighted by molar-refractivity contribution is 5.76. The summed E-state index contributed by atoms with van der Waals surface area (Å²) in [5.41, 5.74) is 0. The van der Waals surface area contributed by atoms with Crippen LogP contribution in [0.4, 0.5) is 0 Å². The predicted octanol–water partition coefficient (Wildman–Crippen LogP) is 26.2. The van der Waals surface area contributed by atoms with E-state index in [9.17, 15) is 19.8 Å². The van der Waals surface area contributed by atoms with Crippen molar-refractivity contribution in [3.8, 4) is 0 Å². The van der Waals surface area contributed by atoms with Crippen molar-refractivity contribution in [2.24, 2.45) is 0 Å². The van der Waals surface area contributed by atoms with E-state index in [1.807, 2.05) is 6.08 Å². The number of hydrogen-bond acceptors (Lipinski definition) is 5. The number of carbonyl (C=O) groups is 2. The lowest BCUT2D eigenvalue weighted by Gasteiger charge is -2.20. The summed E-state index contributed by atoms with van der Waals surface area (Å²) in [6.45, 7) is 4.92. The molecule has 0 aromatic rings. The van der Waals surface area contributed by atoms with E-state index < -0.39 is 12.1 Å². The average molecular weight is 1220 g/mol. The number of ether oxygens (including phenoxy) is 1. The zero-order chi connectivity index (χ0) is 62.8. The second-order valence-electron chi connectivity index (χ2n) is 27.4. The first-order valence-corrected chi connectivity index (χ1v) is 39.8. The number of amides is 1. The molecule has 0 saturated carbocycles. The maximum absolute atomic E-state index is 12.5. The molecule has 514 valence electrons. The van der Waals surface area contributed by atoms with E-state index in [2.05, 4.69) is 43.5 Å². The number of allylic oxidation sites excluding steroid dienone is 5. The maximum Gasteiger partial charge on any atom is 0.305 e. The van der Waals surface area contributed by atoms with Crippen LogP contribution in [0, 0.1) is 0 Å². The number of unbranched alkanes of at least 4 members (excludes halogenated alkanes) is 60. The van der Waals surface area contributed by atoms with Gasteiger partial charge in [-0.3, -0.25) is 9.59 Å². The Labute approximate surface area is 544 Å². The van der Waals surface area contributed by atoms with Crippen LogP contribution in [0.5, 0.6) is 0 Å². The summed E-state index contributed by atoms with van der Waals surface area (Å²) in [6.07, 6.45) is 99.8. The van der Waals surface area contributed by atoms with Crippen molar-refractivity contribution >= 4 is 11.9 Å². The third-order valence-corrected chi connectivity index (χ3v) is 18.7. The van der Waals surface area contributed by atoms with Gasteiger partial charge in [0, 0.05) is 12.8 Å². The van der Waals surface area contributed by atoms with E-state index >= 15 is 0 Å². The SMILES string of the molecule is CCCCC/C=C\C/C=C\CCCCCCCCCC(=O)OCCCCCCCCCCCCCCCCCCCCCCCCCCCCCCCCCCCC(=O)NC(CO)C(O)/C=C/CCCCCCCCCCCCCCCCCCCC. The molecule has 6 heteroatoms. The van der Waals surface area contributed by atoms with Gasteiger partial charge in [-0.05, 0) is 64.2 Å². The highest BCUT2D eigenvalue weighted by Gasteiger charge is 2.18. The van der Waals surface area contributed by atoms with Gasteiger partial charge in [0.25, 0.3) is 0 Å². The number of nitrogens with one attached hydrogen (secondary N) is 1. The van der Waals surface area contributed by atoms with Crippen LogP contribution < -0.4 is 5.32 Å². The molecule has 2 unspecified atom stereocenters. The molecule has 6 nitrogen and oxygen atoms in total. The van der Waals surface area contributed by atoms with E-state index in [-0.39, 0.29) is 18.5 Å². The lowest BCUT2D eigenvalue weighted by atomic mass is 10.0. The van der Waals surface area contributed by atoms with Gasteiger partial charge in [0.2, 0.25) is 5.91 Å². The molecular formula is C81H155NO5. The van der Waals surface area contributed by atoms with Gasteiger partial charge >= 0.3 is 5.97 Å². The molecule has 3 N–H and O–H groups in total. The van der Waals surface area contributed by atoms with Gasteiger partial charge < -0.3 is 20.3 Å². The Morgan fingerprint density at radius 1 is 0.322 bits per heavy atom. The molecule has 0 fully saturated rings. The van der Waals surface area contributed by atoms with Gasteiger partial charge in [0.15, 0.2) is 0 Å². The van der Waals surface area contributed by atoms with E-state index in [0.29, 0.717) is 19.4 Å². The minimum atomic E-state index is -0.842. The predicted molar refractivity (Wildman–Crippen MR) is 384 cm³/mol. The topological polar surface area (TPSA) is 95.9 Å². The highest BCUT2D eigenvalue weighted by atomic mass is 16.5. The number of hydrogen-bond donors (Lipinski definition) is 3. The monoisotopic (exact) mass is 1220 g/mol. The maximum atomic E-state index is 12.5. The second-order valence-corrected chi connectivity index (χ2v) is 27.4. The Bertz CT molecular complexity index is 1410. The number of carbonyl (C=O) groups excluding carboxylic acids is 2. The molecule has 87 heavy (non-hydrogen) atoms. The molecule has 0 radical (unpaired) electrons. The smallest absolute Gasteiger partial charge is 0.305 e. The quantitative estimate of drug-likeness (QED) is 0.0320. The molecule has 0 aliphatic carbocycles. The molecule has 0 saturated heterocycles. The van der Waals surface area contributed by atoms with Crippen molar-refractivity contribution in [2.45, 2.75) is 456 Å². The van der Waals surface area contributed by atoms with Crippen LogP contribution in [0.1, 0.15) is 444 Å². The Hall–Kier alpha value is -1.92. The zero-order valence-electron chi connectivity index (χ0n) is 59.0. The lowest BCUT2D eigenvalue weighted by molar-refractivity contribution is -0.143. The summed E-state index contributed by atoms with van der Waals surface area (Å²) in [6, 6.07) is -0.625. The fourth-order valence-corrected chi connectivity index (χ4v) is 12.6. The van der Waals surface area contributed by atoms with Crippen LogP contribution >= 0.6 is 0 Å². The van der Waals surface area contributed by atoms with Gasteiger partial charge in [0.1, 0.15) is 0 Å². The standard InChI is InChI=1S/C81H155NO5/c1-3-5-7-9-11-13-15-17-19-21-22-38-42-45-49-53-57-61-65-69-73-79(84)78(77-83)82-80(85)74-70-66-62-58-54-50-46-43-39-36-34-32-30-28-26-24-23-25-27-29-31-33-35-37-40-44-48-52-56-60-64-68-72-76-87-81(86)75-71-67-63-59-55-51-47-41-20-18-16-14-12-10-8-6-4-2/h12,14,18,20,69,73,78-79,83-84H,3-11,13,15-17,19,21-68,70-72,74-77H2,1-2H3,(H,82,85)/b14-12-,20-18-,73-69+. The molecular weight excluding hydrogens is 1070 g/mol. The van der Waals surface area contributed by atoms with E-state index in [1.54, 1.807) is 6.08 Å². The summed E-state index contributed by atoms with van der Waals surface area (Å²) >= 11 is 0. The highest BCUT2D eigenvalue weighted by Crippen LogP contribution is 2.20. The van der Waals surface area contributed by atoms with Crippen molar-refractivity contribution in [1.82, 2.24) is 5.32 Å². The van der Waals surface area contributed by atoms with E-state index in [1.165, 1.54) is 366 Å². The molecule has 1 amide bonds. The Morgan fingerprint density at radius 3 is 0.897 bits per heavy atom. The first-order chi connectivity index (χ1) is 43.0. The molecule has 0 aromatic carbocycles. The van der Waals surface area contributed by atoms with Crippen molar-refractivity contribution in [3.63, 3.8) is 0 Å². The largest absolute Gasteiger partial charge is 0.466 e. The first kappa shape index (κ1) is 85.1. The minimum absolute atomic E-state index is 0.0144. The van der Waals surface area contributed by atoms with E-state index in [0.717, 1.165) is 51.4 Å². The van der Waals surface area contributed by atoms with Crippen LogP contribution in [0.2, 0.25) is 0 Å². The summed E-state index contributed by atoms with van der Waals surface area (Å²) in [5, 5.41) is 23.3. The number of rotatable bonds is 75. The Morgan fingerprint density at radius 2 is 0.575 bits per heavy atom. The normalized spacial score (nSPS) is 12.6. The number of aliphatic hydroxyl groups excluding tert-OH is 2. The second kappa shape index (κ2) is 76.5. The van der Waals surface area contributed by atoms with Gasteiger partial charge in [-0.15, -0.1) is 0 Å². The Kier molecular flexibility index (Phi) is 74.8. The van der Waals surface area contributed by atoms with Gasteiger partial charge in [-0.25, -0.2) is 0 Å². The molecule has 0 aliphatic heterocycles. The third-order valence-electron chi connectivity index (χ3n) is 18.7. The Balaban J connectivity index is 3.34. The summed E-state index contributed by atoms with van der Waals surface area (Å²) < 4.78 is 5.51. The molecule has 0 rings (SSSR count). The number of esters is 1. The molecule has 0 bridgehead atoms. The first-order valence-electron chi connectivity index (χ1n) is 39.8. The minimum Gasteiger partial charge on any atom is -0.466 e. The van der Waals surface area contributed by atoms with Crippen LogP contribution in [-0.2, 0) is 14.3 Å². The van der Waals surface area contributed by atoms with Gasteiger partial charge in [0.05, 0.1) is 25.4 Å². The molecule has 0 aliphatic rings. The summed E-state index contributed by atoms with van der Waals surface area (Å²) in [4.78, 5) is 24.6. The molecule has 0 spiro atoms. The van der Waals surface area contributed by atoms with Crippen LogP contribution in [-0.4, -0.2) is 47.4 Å². The van der Waals surface area contributed by atoms with Crippen LogP contribution in [0.3, 0.4) is 0 Å². The third kappa shape index (κ3) is 73.0. The molecule has 0 heterocycles. The van der Waals surface area contributed by atoms with Crippen molar-refractivity contribution in [3.05, 3.63) is 36.5 Å². The lowest BCUT2D eigenvalue weighted by Crippen LogP contribution is -2.45. The summed E-state index contributed by atoms with van der Waals surface area (Å²) in [5.74, 6) is -0.0445. The average Bonchev–Trinajstić information content (AvgIpc) is 3.53. The fourth-order valence-electron chi connectivity index (χ4n) is 12.6.